The Balaban J connectivity index is 2.07. The number of carboxylic acids is 1. The average molecular weight is 269 g/mol. The summed E-state index contributed by atoms with van der Waals surface area (Å²) in [6, 6.07) is 0. The number of carbonyl (C=O) groups is 2. The fourth-order valence-corrected chi connectivity index (χ4v) is 2.42. The van der Waals surface area contributed by atoms with Gasteiger partial charge in [-0.3, -0.25) is 9.59 Å². The Hall–Kier alpha value is -1.47. The molecule has 0 aliphatic heterocycles. The van der Waals surface area contributed by atoms with E-state index in [9.17, 15) is 9.59 Å². The molecule has 1 aromatic heterocycles. The number of aromatic nitrogens is 1. The quantitative estimate of drug-likeness (QED) is 0.785. The van der Waals surface area contributed by atoms with Crippen molar-refractivity contribution in [2.45, 2.75) is 19.4 Å². The van der Waals surface area contributed by atoms with Crippen LogP contribution in [0.25, 0.3) is 0 Å². The third kappa shape index (κ3) is 3.27. The van der Waals surface area contributed by atoms with Gasteiger partial charge in [-0.05, 0) is 18.8 Å². The third-order valence-corrected chi connectivity index (χ3v) is 3.74. The fraction of sp³-hybridized carbons (Fsp3) is 0.545. The second kappa shape index (κ2) is 5.45. The molecule has 1 heterocycles. The summed E-state index contributed by atoms with van der Waals surface area (Å²) >= 11 is 1.22. The van der Waals surface area contributed by atoms with E-state index in [2.05, 4.69) is 4.98 Å². The first-order valence-corrected chi connectivity index (χ1v) is 6.57. The molecule has 1 aliphatic rings. The maximum absolute atomic E-state index is 12.2. The molecule has 3 N–H and O–H groups in total. The number of aliphatic carboxylic acids is 1. The van der Waals surface area contributed by atoms with Crippen molar-refractivity contribution in [3.8, 4) is 0 Å². The zero-order chi connectivity index (χ0) is 13.1. The molecule has 0 aromatic carbocycles. The van der Waals surface area contributed by atoms with E-state index in [0.29, 0.717) is 28.9 Å². The van der Waals surface area contributed by atoms with Gasteiger partial charge in [0.25, 0.3) is 5.91 Å². The zero-order valence-corrected chi connectivity index (χ0v) is 10.7. The highest BCUT2D eigenvalue weighted by Crippen LogP contribution is 2.30. The minimum Gasteiger partial charge on any atom is -0.480 e. The maximum atomic E-state index is 12.2. The molecule has 1 aromatic rings. The van der Waals surface area contributed by atoms with E-state index < -0.39 is 5.97 Å². The summed E-state index contributed by atoms with van der Waals surface area (Å²) in [4.78, 5) is 28.8. The molecule has 7 heteroatoms. The Morgan fingerprint density at radius 2 is 2.28 bits per heavy atom. The lowest BCUT2D eigenvalue weighted by Crippen LogP contribution is -2.36. The van der Waals surface area contributed by atoms with Gasteiger partial charge in [-0.2, -0.15) is 0 Å². The maximum Gasteiger partial charge on any atom is 0.323 e. The van der Waals surface area contributed by atoms with Crippen LogP contribution in [0.3, 0.4) is 0 Å². The van der Waals surface area contributed by atoms with Gasteiger partial charge in [0.15, 0.2) is 0 Å². The van der Waals surface area contributed by atoms with Gasteiger partial charge in [0, 0.05) is 13.1 Å². The molecule has 98 valence electrons. The van der Waals surface area contributed by atoms with E-state index in [0.717, 1.165) is 12.8 Å². The zero-order valence-electron chi connectivity index (χ0n) is 9.83. The van der Waals surface area contributed by atoms with Crippen molar-refractivity contribution in [1.29, 1.82) is 0 Å². The van der Waals surface area contributed by atoms with Crippen molar-refractivity contribution >= 4 is 23.2 Å². The molecule has 1 aliphatic carbocycles. The number of hydrogen-bond donors (Lipinski definition) is 2. The molecule has 1 amide bonds. The van der Waals surface area contributed by atoms with E-state index in [-0.39, 0.29) is 12.5 Å². The third-order valence-electron chi connectivity index (χ3n) is 2.73. The number of carbonyl (C=O) groups excluding carboxylic acids is 1. The number of amides is 1. The van der Waals surface area contributed by atoms with Crippen molar-refractivity contribution in [2.24, 2.45) is 11.7 Å². The smallest absolute Gasteiger partial charge is 0.323 e. The van der Waals surface area contributed by atoms with Crippen LogP contribution in [0.5, 0.6) is 0 Å². The molecule has 2 rings (SSSR count). The number of rotatable bonds is 6. The predicted molar refractivity (Wildman–Crippen MR) is 66.3 cm³/mol. The summed E-state index contributed by atoms with van der Waals surface area (Å²) in [6.45, 7) is 0.547. The van der Waals surface area contributed by atoms with E-state index in [1.54, 1.807) is 0 Å². The molecular weight excluding hydrogens is 254 g/mol. The van der Waals surface area contributed by atoms with Gasteiger partial charge in [-0.1, -0.05) is 0 Å². The molecule has 1 fully saturated rings. The van der Waals surface area contributed by atoms with Gasteiger partial charge in [-0.25, -0.2) is 4.98 Å². The lowest BCUT2D eigenvalue weighted by atomic mass is 10.3. The van der Waals surface area contributed by atoms with Crippen molar-refractivity contribution < 1.29 is 14.7 Å². The Labute approximate surface area is 108 Å². The number of carboxylic acid groups (broad SMARTS) is 1. The van der Waals surface area contributed by atoms with Gasteiger partial charge >= 0.3 is 5.97 Å². The van der Waals surface area contributed by atoms with E-state index in [1.807, 2.05) is 0 Å². The van der Waals surface area contributed by atoms with E-state index in [1.165, 1.54) is 22.4 Å². The molecule has 0 saturated heterocycles. The molecule has 6 nitrogen and oxygen atoms in total. The summed E-state index contributed by atoms with van der Waals surface area (Å²) in [7, 11) is 0. The Bertz CT molecular complexity index is 456. The summed E-state index contributed by atoms with van der Waals surface area (Å²) in [5.41, 5.74) is 5.44. The normalized spacial score (nSPS) is 14.5. The molecule has 18 heavy (non-hydrogen) atoms. The second-order valence-corrected chi connectivity index (χ2v) is 5.46. The second-order valence-electron chi connectivity index (χ2n) is 4.35. The van der Waals surface area contributed by atoms with Crippen LogP contribution in [-0.2, 0) is 11.3 Å². The van der Waals surface area contributed by atoms with Crippen LogP contribution in [0.15, 0.2) is 6.20 Å². The molecule has 0 radical (unpaired) electrons. The number of nitrogens with two attached hydrogens (primary N) is 1. The number of thiazole rings is 1. The van der Waals surface area contributed by atoms with Crippen LogP contribution in [0.2, 0.25) is 0 Å². The van der Waals surface area contributed by atoms with E-state index in [4.69, 9.17) is 10.8 Å². The first kappa shape index (κ1) is 13.0. The first-order chi connectivity index (χ1) is 8.60. The van der Waals surface area contributed by atoms with Crippen molar-refractivity contribution in [3.63, 3.8) is 0 Å². The minimum absolute atomic E-state index is 0.259. The summed E-state index contributed by atoms with van der Waals surface area (Å²) in [6.07, 6.45) is 3.61. The van der Waals surface area contributed by atoms with Gasteiger partial charge in [0.05, 0.1) is 6.20 Å². The number of hydrogen-bond acceptors (Lipinski definition) is 5. The highest BCUT2D eigenvalue weighted by Gasteiger charge is 2.29. The predicted octanol–water partition coefficient (Wildman–Crippen LogP) is 0.539. The summed E-state index contributed by atoms with van der Waals surface area (Å²) in [5.74, 6) is -0.802. The lowest BCUT2D eigenvalue weighted by molar-refractivity contribution is -0.137. The molecule has 0 atom stereocenters. The van der Waals surface area contributed by atoms with Gasteiger partial charge < -0.3 is 15.7 Å². The van der Waals surface area contributed by atoms with E-state index >= 15 is 0 Å². The van der Waals surface area contributed by atoms with Crippen LogP contribution in [-0.4, -0.2) is 40.0 Å². The van der Waals surface area contributed by atoms with Gasteiger partial charge in [-0.15, -0.1) is 11.3 Å². The van der Waals surface area contributed by atoms with Crippen LogP contribution in [0, 0.1) is 5.92 Å². The molecule has 1 saturated carbocycles. The SMILES string of the molecule is NCc1ncc(C(=O)N(CC(=O)O)CC2CC2)s1. The van der Waals surface area contributed by atoms with Crippen LogP contribution >= 0.6 is 11.3 Å². The highest BCUT2D eigenvalue weighted by molar-refractivity contribution is 7.13. The molecule has 0 unspecified atom stereocenters. The molecule has 0 bridgehead atoms. The standard InChI is InChI=1S/C11H15N3O3S/c12-3-9-13-4-8(18-9)11(17)14(6-10(15)16)5-7-1-2-7/h4,7H,1-3,5-6,12H2,(H,15,16). The first-order valence-electron chi connectivity index (χ1n) is 5.76. The Morgan fingerprint density at radius 1 is 1.56 bits per heavy atom. The molecule has 0 spiro atoms. The monoisotopic (exact) mass is 269 g/mol. The van der Waals surface area contributed by atoms with Gasteiger partial charge in [0.2, 0.25) is 0 Å². The summed E-state index contributed by atoms with van der Waals surface area (Å²) < 4.78 is 0. The minimum atomic E-state index is -0.993. The molecular formula is C11H15N3O3S. The van der Waals surface area contributed by atoms with Crippen LogP contribution in [0.1, 0.15) is 27.5 Å². The Morgan fingerprint density at radius 3 is 2.78 bits per heavy atom. The van der Waals surface area contributed by atoms with Crippen molar-refractivity contribution in [3.05, 3.63) is 16.1 Å². The lowest BCUT2D eigenvalue weighted by Gasteiger charge is -2.19. The van der Waals surface area contributed by atoms with Crippen LogP contribution < -0.4 is 5.73 Å². The topological polar surface area (TPSA) is 96.5 Å². The fourth-order valence-electron chi connectivity index (χ4n) is 1.65. The average Bonchev–Trinajstić information content (AvgIpc) is 3.01. The summed E-state index contributed by atoms with van der Waals surface area (Å²) in [5, 5.41) is 9.52. The highest BCUT2D eigenvalue weighted by atomic mass is 32.1. The van der Waals surface area contributed by atoms with Crippen molar-refractivity contribution in [1.82, 2.24) is 9.88 Å². The largest absolute Gasteiger partial charge is 0.480 e. The number of nitrogens with zero attached hydrogens (tertiary/aromatic N) is 2. The van der Waals surface area contributed by atoms with Crippen LogP contribution in [0.4, 0.5) is 0 Å². The Kier molecular flexibility index (Phi) is 3.93. The van der Waals surface area contributed by atoms with Crippen molar-refractivity contribution in [2.75, 3.05) is 13.1 Å². The van der Waals surface area contributed by atoms with Gasteiger partial charge in [0.1, 0.15) is 16.4 Å².